The molecule has 1 heterocycles. The summed E-state index contributed by atoms with van der Waals surface area (Å²) in [6.45, 7) is 0. The van der Waals surface area contributed by atoms with Gasteiger partial charge in [0.05, 0.1) is 0 Å². The van der Waals surface area contributed by atoms with E-state index in [0.717, 1.165) is 10.8 Å². The number of hydrogen-bond donors (Lipinski definition) is 0. The van der Waals surface area contributed by atoms with Crippen LogP contribution >= 0.6 is 11.6 Å². The molecule has 1 aromatic heterocycles. The lowest BCUT2D eigenvalue weighted by Gasteiger charge is -2.05. The first-order valence-corrected chi connectivity index (χ1v) is 5.59. The summed E-state index contributed by atoms with van der Waals surface area (Å²) in [6, 6.07) is 13.7. The van der Waals surface area contributed by atoms with E-state index in [1.165, 1.54) is 0 Å². The second kappa shape index (κ2) is 4.54. The van der Waals surface area contributed by atoms with Crippen molar-refractivity contribution in [2.75, 3.05) is 0 Å². The van der Waals surface area contributed by atoms with E-state index in [9.17, 15) is 0 Å². The fourth-order valence-corrected chi connectivity index (χ4v) is 1.71. The van der Waals surface area contributed by atoms with E-state index >= 15 is 0 Å². The van der Waals surface area contributed by atoms with Gasteiger partial charge in [0, 0.05) is 5.39 Å². The number of rotatable bonds is 2. The van der Waals surface area contributed by atoms with Gasteiger partial charge in [0.25, 0.3) is 5.28 Å². The Labute approximate surface area is 107 Å². The molecular weight excluding hydrogens is 252 g/mol. The summed E-state index contributed by atoms with van der Waals surface area (Å²) in [5, 5.41) is 16.6. The summed E-state index contributed by atoms with van der Waals surface area (Å²) >= 11 is 5.51. The van der Waals surface area contributed by atoms with E-state index in [2.05, 4.69) is 20.4 Å². The Kier molecular flexibility index (Phi) is 2.74. The van der Waals surface area contributed by atoms with Gasteiger partial charge in [-0.2, -0.15) is 0 Å². The van der Waals surface area contributed by atoms with Crippen molar-refractivity contribution in [1.82, 2.24) is 20.4 Å². The van der Waals surface area contributed by atoms with Crippen LogP contribution in [0.3, 0.4) is 0 Å². The number of hydrogen-bond acceptors (Lipinski definition) is 5. The van der Waals surface area contributed by atoms with Crippen LogP contribution in [-0.2, 0) is 0 Å². The third kappa shape index (κ3) is 2.08. The summed E-state index contributed by atoms with van der Waals surface area (Å²) in [6.07, 6.45) is 0. The zero-order chi connectivity index (χ0) is 12.4. The lowest BCUT2D eigenvalue weighted by Crippen LogP contribution is -1.97. The molecule has 0 radical (unpaired) electrons. The summed E-state index contributed by atoms with van der Waals surface area (Å²) in [4.78, 5) is 0. The first-order valence-electron chi connectivity index (χ1n) is 5.21. The van der Waals surface area contributed by atoms with Crippen molar-refractivity contribution < 1.29 is 4.74 Å². The van der Waals surface area contributed by atoms with Gasteiger partial charge in [0.2, 0.25) is 0 Å². The molecule has 0 N–H and O–H groups in total. The molecule has 0 aliphatic heterocycles. The third-order valence-corrected chi connectivity index (χ3v) is 2.54. The van der Waals surface area contributed by atoms with Crippen LogP contribution < -0.4 is 4.74 Å². The molecule has 0 atom stereocenters. The average molecular weight is 259 g/mol. The Hall–Kier alpha value is -2.27. The van der Waals surface area contributed by atoms with Crippen molar-refractivity contribution in [3.63, 3.8) is 0 Å². The molecule has 0 saturated heterocycles. The summed E-state index contributed by atoms with van der Waals surface area (Å²) in [5.74, 6) is 0.652. The molecule has 0 unspecified atom stereocenters. The number of nitrogens with zero attached hydrogens (tertiary/aromatic N) is 4. The standard InChI is InChI=1S/C12H7ClN4O/c13-11-14-16-12(17-15-11)18-10-7-3-5-8-4-1-2-6-9(8)10/h1-7H. The Morgan fingerprint density at radius 1 is 0.833 bits per heavy atom. The van der Waals surface area contributed by atoms with E-state index in [4.69, 9.17) is 16.3 Å². The van der Waals surface area contributed by atoms with Crippen LogP contribution in [0.15, 0.2) is 42.5 Å². The number of aromatic nitrogens is 4. The molecule has 6 heteroatoms. The molecule has 0 amide bonds. The van der Waals surface area contributed by atoms with Gasteiger partial charge in [-0.15, -0.1) is 10.2 Å². The van der Waals surface area contributed by atoms with Gasteiger partial charge >= 0.3 is 6.01 Å². The van der Waals surface area contributed by atoms with Gasteiger partial charge in [0.15, 0.2) is 0 Å². The SMILES string of the molecule is Clc1nnc(Oc2cccc3ccccc23)nn1. The van der Waals surface area contributed by atoms with Gasteiger partial charge in [-0.25, -0.2) is 0 Å². The highest BCUT2D eigenvalue weighted by Crippen LogP contribution is 2.27. The molecule has 88 valence electrons. The van der Waals surface area contributed by atoms with Gasteiger partial charge in [-0.1, -0.05) is 46.6 Å². The van der Waals surface area contributed by atoms with Crippen LogP contribution in [0.5, 0.6) is 11.8 Å². The molecule has 0 fully saturated rings. The predicted octanol–water partition coefficient (Wildman–Crippen LogP) is 2.87. The summed E-state index contributed by atoms with van der Waals surface area (Å²) in [5.41, 5.74) is 0. The van der Waals surface area contributed by atoms with Gasteiger partial charge in [-0.3, -0.25) is 0 Å². The molecular formula is C12H7ClN4O. The van der Waals surface area contributed by atoms with Gasteiger partial charge < -0.3 is 4.74 Å². The average Bonchev–Trinajstić information content (AvgIpc) is 2.42. The van der Waals surface area contributed by atoms with Gasteiger partial charge in [-0.05, 0) is 23.1 Å². The smallest absolute Gasteiger partial charge is 0.360 e. The van der Waals surface area contributed by atoms with Crippen molar-refractivity contribution >= 4 is 22.4 Å². The Morgan fingerprint density at radius 2 is 1.56 bits per heavy atom. The molecule has 5 nitrogen and oxygen atoms in total. The number of halogens is 1. The summed E-state index contributed by atoms with van der Waals surface area (Å²) in [7, 11) is 0. The van der Waals surface area contributed by atoms with E-state index in [0.29, 0.717) is 5.75 Å². The molecule has 0 spiro atoms. The van der Waals surface area contributed by atoms with Crippen LogP contribution in [-0.4, -0.2) is 20.4 Å². The van der Waals surface area contributed by atoms with E-state index < -0.39 is 0 Å². The Balaban J connectivity index is 2.02. The maximum absolute atomic E-state index is 5.54. The van der Waals surface area contributed by atoms with Crippen LogP contribution in [0.2, 0.25) is 5.28 Å². The minimum Gasteiger partial charge on any atom is -0.421 e. The topological polar surface area (TPSA) is 60.8 Å². The molecule has 0 aliphatic carbocycles. The second-order valence-electron chi connectivity index (χ2n) is 3.53. The molecule has 3 rings (SSSR count). The fraction of sp³-hybridized carbons (Fsp3) is 0. The lowest BCUT2D eigenvalue weighted by molar-refractivity contribution is 0.427. The minimum absolute atomic E-state index is 0.0136. The molecule has 3 aromatic rings. The monoisotopic (exact) mass is 258 g/mol. The predicted molar refractivity (Wildman–Crippen MR) is 66.7 cm³/mol. The van der Waals surface area contributed by atoms with Crippen molar-refractivity contribution in [3.8, 4) is 11.8 Å². The highest BCUT2D eigenvalue weighted by Gasteiger charge is 2.05. The van der Waals surface area contributed by atoms with E-state index in [-0.39, 0.29) is 11.3 Å². The number of ether oxygens (including phenoxy) is 1. The molecule has 0 bridgehead atoms. The highest BCUT2D eigenvalue weighted by molar-refractivity contribution is 6.28. The lowest BCUT2D eigenvalue weighted by atomic mass is 10.1. The van der Waals surface area contributed by atoms with E-state index in [1.807, 2.05) is 42.5 Å². The van der Waals surface area contributed by atoms with Crippen molar-refractivity contribution in [2.45, 2.75) is 0 Å². The maximum Gasteiger partial charge on any atom is 0.360 e. The van der Waals surface area contributed by atoms with Crippen LogP contribution in [0.25, 0.3) is 10.8 Å². The van der Waals surface area contributed by atoms with Crippen LogP contribution in [0, 0.1) is 0 Å². The quantitative estimate of drug-likeness (QED) is 0.707. The molecule has 0 aliphatic rings. The third-order valence-electron chi connectivity index (χ3n) is 2.39. The largest absolute Gasteiger partial charge is 0.421 e. The first-order chi connectivity index (χ1) is 8.83. The normalized spacial score (nSPS) is 10.5. The van der Waals surface area contributed by atoms with Crippen molar-refractivity contribution in [1.29, 1.82) is 0 Å². The van der Waals surface area contributed by atoms with Crippen LogP contribution in [0.1, 0.15) is 0 Å². The second-order valence-corrected chi connectivity index (χ2v) is 3.87. The van der Waals surface area contributed by atoms with Crippen molar-refractivity contribution in [2.24, 2.45) is 0 Å². The molecule has 18 heavy (non-hydrogen) atoms. The van der Waals surface area contributed by atoms with E-state index in [1.54, 1.807) is 0 Å². The zero-order valence-electron chi connectivity index (χ0n) is 9.12. The molecule has 0 saturated carbocycles. The highest BCUT2D eigenvalue weighted by atomic mass is 35.5. The zero-order valence-corrected chi connectivity index (χ0v) is 9.87. The van der Waals surface area contributed by atoms with Crippen LogP contribution in [0.4, 0.5) is 0 Å². The fourth-order valence-electron chi connectivity index (χ4n) is 1.63. The Morgan fingerprint density at radius 3 is 2.39 bits per heavy atom. The maximum atomic E-state index is 5.54. The number of fused-ring (bicyclic) bond motifs is 1. The Bertz CT molecular complexity index is 682. The van der Waals surface area contributed by atoms with Gasteiger partial charge in [0.1, 0.15) is 5.75 Å². The van der Waals surface area contributed by atoms with Crippen molar-refractivity contribution in [3.05, 3.63) is 47.7 Å². The first kappa shape index (κ1) is 10.9. The summed E-state index contributed by atoms with van der Waals surface area (Å²) < 4.78 is 5.54. The number of benzene rings is 2. The molecule has 2 aromatic carbocycles. The minimum atomic E-state index is -0.0136.